The van der Waals surface area contributed by atoms with Gasteiger partial charge in [0.05, 0.1) is 17.5 Å². The minimum absolute atomic E-state index is 0.215. The standard InChI is InChI=1S/C26H23BrClN3O5/c1-14-22(24(31(33)34)26(30-14)17-8-4-6-10-20(17)29-25(26)32)16-11-18(27)23(21(12-16)35-2)36-13-15-7-3-5-9-19(15)28/h3-12,14,22,24,30H,13H2,1-2H3,(H,29,32)/t14-,22-,24+,26+/m0/s1. The number of carbonyl (C=O) groups is 1. The van der Waals surface area contributed by atoms with Crippen LogP contribution in [0.25, 0.3) is 0 Å². The second kappa shape index (κ2) is 9.38. The van der Waals surface area contributed by atoms with Gasteiger partial charge in [0.1, 0.15) is 6.61 Å². The Morgan fingerprint density at radius 3 is 2.61 bits per heavy atom. The van der Waals surface area contributed by atoms with E-state index in [1.165, 1.54) is 7.11 Å². The minimum Gasteiger partial charge on any atom is -0.493 e. The molecule has 186 valence electrons. The fraction of sp³-hybridized carbons (Fsp3) is 0.269. The number of fused-ring (bicyclic) bond motifs is 2. The predicted octanol–water partition coefficient (Wildman–Crippen LogP) is 5.26. The molecular formula is C26H23BrClN3O5. The molecule has 0 unspecified atom stereocenters. The van der Waals surface area contributed by atoms with Crippen molar-refractivity contribution in [1.29, 1.82) is 0 Å². The molecule has 36 heavy (non-hydrogen) atoms. The van der Waals surface area contributed by atoms with Gasteiger partial charge in [-0.2, -0.15) is 0 Å². The summed E-state index contributed by atoms with van der Waals surface area (Å²) in [6, 6.07) is 16.4. The van der Waals surface area contributed by atoms with E-state index in [0.29, 0.717) is 37.8 Å². The maximum Gasteiger partial charge on any atom is 0.256 e. The Morgan fingerprint density at radius 1 is 1.17 bits per heavy atom. The topological polar surface area (TPSA) is 103 Å². The quantitative estimate of drug-likeness (QED) is 0.309. The number of para-hydroxylation sites is 1. The van der Waals surface area contributed by atoms with Crippen molar-refractivity contribution in [2.45, 2.75) is 37.1 Å². The lowest BCUT2D eigenvalue weighted by molar-refractivity contribution is -0.532. The van der Waals surface area contributed by atoms with Crippen LogP contribution in [-0.4, -0.2) is 30.0 Å². The van der Waals surface area contributed by atoms with Crippen molar-refractivity contribution in [1.82, 2.24) is 5.32 Å². The van der Waals surface area contributed by atoms with Crippen LogP contribution in [0.4, 0.5) is 5.69 Å². The summed E-state index contributed by atoms with van der Waals surface area (Å²) < 4.78 is 12.2. The molecule has 8 nitrogen and oxygen atoms in total. The fourth-order valence-electron chi connectivity index (χ4n) is 5.39. The van der Waals surface area contributed by atoms with Crippen molar-refractivity contribution in [2.24, 2.45) is 0 Å². The van der Waals surface area contributed by atoms with Crippen LogP contribution in [0.5, 0.6) is 11.5 Å². The van der Waals surface area contributed by atoms with Crippen LogP contribution >= 0.6 is 27.5 Å². The number of anilines is 1. The van der Waals surface area contributed by atoms with Gasteiger partial charge in [0, 0.05) is 32.8 Å². The third kappa shape index (κ3) is 3.82. The Hall–Kier alpha value is -3.14. The molecule has 1 spiro atoms. The molecule has 2 heterocycles. The van der Waals surface area contributed by atoms with E-state index >= 15 is 0 Å². The van der Waals surface area contributed by atoms with Gasteiger partial charge in [-0.05, 0) is 52.7 Å². The molecule has 2 aliphatic rings. The van der Waals surface area contributed by atoms with Crippen molar-refractivity contribution >= 4 is 39.1 Å². The van der Waals surface area contributed by atoms with Gasteiger partial charge >= 0.3 is 0 Å². The number of methoxy groups -OCH3 is 1. The third-order valence-electron chi connectivity index (χ3n) is 6.93. The van der Waals surface area contributed by atoms with E-state index in [2.05, 4.69) is 26.6 Å². The number of nitrogens with zero attached hydrogens (tertiary/aromatic N) is 1. The summed E-state index contributed by atoms with van der Waals surface area (Å²) in [5.74, 6) is -0.181. The van der Waals surface area contributed by atoms with E-state index in [9.17, 15) is 14.9 Å². The average Bonchev–Trinajstić information content (AvgIpc) is 3.32. The van der Waals surface area contributed by atoms with Gasteiger partial charge in [0.2, 0.25) is 0 Å². The number of carbonyl (C=O) groups excluding carboxylic acids is 1. The van der Waals surface area contributed by atoms with Crippen molar-refractivity contribution in [2.75, 3.05) is 12.4 Å². The molecule has 5 rings (SSSR count). The van der Waals surface area contributed by atoms with Crippen LogP contribution < -0.4 is 20.1 Å². The molecule has 0 aromatic heterocycles. The summed E-state index contributed by atoms with van der Waals surface area (Å²) in [6.07, 6.45) is 0. The van der Waals surface area contributed by atoms with Crippen molar-refractivity contribution in [3.8, 4) is 11.5 Å². The Balaban J connectivity index is 1.54. The lowest BCUT2D eigenvalue weighted by atomic mass is 9.78. The van der Waals surface area contributed by atoms with E-state index in [-0.39, 0.29) is 17.6 Å². The number of ether oxygens (including phenoxy) is 2. The zero-order chi connectivity index (χ0) is 25.6. The summed E-state index contributed by atoms with van der Waals surface area (Å²) in [4.78, 5) is 25.4. The number of benzene rings is 3. The van der Waals surface area contributed by atoms with Gasteiger partial charge in [-0.1, -0.05) is 48.0 Å². The molecule has 2 aliphatic heterocycles. The van der Waals surface area contributed by atoms with E-state index in [1.807, 2.05) is 25.1 Å². The lowest BCUT2D eigenvalue weighted by Crippen LogP contribution is -2.54. The predicted molar refractivity (Wildman–Crippen MR) is 139 cm³/mol. The highest BCUT2D eigenvalue weighted by atomic mass is 79.9. The highest BCUT2D eigenvalue weighted by Crippen LogP contribution is 2.51. The first-order valence-electron chi connectivity index (χ1n) is 11.3. The molecule has 0 aliphatic carbocycles. The van der Waals surface area contributed by atoms with Gasteiger partial charge in [0.15, 0.2) is 17.0 Å². The van der Waals surface area contributed by atoms with Crippen LogP contribution in [-0.2, 0) is 16.9 Å². The molecule has 0 radical (unpaired) electrons. The molecule has 1 fully saturated rings. The van der Waals surface area contributed by atoms with E-state index in [1.54, 1.807) is 42.5 Å². The largest absolute Gasteiger partial charge is 0.493 e. The second-order valence-corrected chi connectivity index (χ2v) is 10.2. The highest BCUT2D eigenvalue weighted by molar-refractivity contribution is 9.10. The molecule has 1 saturated heterocycles. The van der Waals surface area contributed by atoms with Gasteiger partial charge in [0.25, 0.3) is 11.9 Å². The van der Waals surface area contributed by atoms with Crippen LogP contribution in [0, 0.1) is 10.1 Å². The van der Waals surface area contributed by atoms with Gasteiger partial charge < -0.3 is 14.8 Å². The monoisotopic (exact) mass is 571 g/mol. The van der Waals surface area contributed by atoms with E-state index in [4.69, 9.17) is 21.1 Å². The second-order valence-electron chi connectivity index (χ2n) is 8.91. The Kier molecular flexibility index (Phi) is 6.40. The maximum absolute atomic E-state index is 13.2. The number of nitro groups is 1. The van der Waals surface area contributed by atoms with Crippen LogP contribution in [0.15, 0.2) is 65.1 Å². The fourth-order valence-corrected chi connectivity index (χ4v) is 6.16. The van der Waals surface area contributed by atoms with Gasteiger partial charge in [-0.15, -0.1) is 0 Å². The number of halogens is 2. The van der Waals surface area contributed by atoms with E-state index in [0.717, 1.165) is 5.56 Å². The molecular weight excluding hydrogens is 550 g/mol. The van der Waals surface area contributed by atoms with Crippen molar-refractivity contribution in [3.63, 3.8) is 0 Å². The van der Waals surface area contributed by atoms with Crippen molar-refractivity contribution < 1.29 is 19.2 Å². The normalized spacial score (nSPS) is 24.4. The summed E-state index contributed by atoms with van der Waals surface area (Å²) in [5, 5.41) is 19.2. The van der Waals surface area contributed by atoms with Crippen LogP contribution in [0.1, 0.15) is 29.5 Å². The highest BCUT2D eigenvalue weighted by Gasteiger charge is 2.67. The summed E-state index contributed by atoms with van der Waals surface area (Å²) in [6.45, 7) is 2.07. The average molecular weight is 573 g/mol. The zero-order valence-corrected chi connectivity index (χ0v) is 21.8. The number of amides is 1. The summed E-state index contributed by atoms with van der Waals surface area (Å²) >= 11 is 9.82. The zero-order valence-electron chi connectivity index (χ0n) is 19.5. The first-order chi connectivity index (χ1) is 17.3. The molecule has 3 aromatic rings. The SMILES string of the molecule is COc1cc([C@@H]2[C@H](C)N[C@@]3(C(=O)Nc4ccccc43)[C@@H]2[N+](=O)[O-])cc(Br)c1OCc1ccccc1Cl. The van der Waals surface area contributed by atoms with Crippen LogP contribution in [0.2, 0.25) is 5.02 Å². The number of nitrogens with one attached hydrogen (secondary N) is 2. The Morgan fingerprint density at radius 2 is 1.89 bits per heavy atom. The third-order valence-corrected chi connectivity index (χ3v) is 7.89. The van der Waals surface area contributed by atoms with Gasteiger partial charge in [-0.3, -0.25) is 20.2 Å². The molecule has 1 amide bonds. The first-order valence-corrected chi connectivity index (χ1v) is 12.5. The van der Waals surface area contributed by atoms with Crippen LogP contribution in [0.3, 0.4) is 0 Å². The molecule has 3 aromatic carbocycles. The van der Waals surface area contributed by atoms with E-state index < -0.39 is 23.4 Å². The summed E-state index contributed by atoms with van der Waals surface area (Å²) in [5.41, 5.74) is 1.14. The number of hydrogen-bond donors (Lipinski definition) is 2. The molecule has 2 N–H and O–H groups in total. The maximum atomic E-state index is 13.2. The molecule has 0 saturated carbocycles. The number of hydrogen-bond acceptors (Lipinski definition) is 6. The molecule has 4 atom stereocenters. The molecule has 0 bridgehead atoms. The Labute approximate surface area is 221 Å². The first kappa shape index (κ1) is 24.5. The number of rotatable bonds is 6. The van der Waals surface area contributed by atoms with Crippen molar-refractivity contribution in [3.05, 3.63) is 97.0 Å². The smallest absolute Gasteiger partial charge is 0.256 e. The lowest BCUT2D eigenvalue weighted by Gasteiger charge is -2.25. The van der Waals surface area contributed by atoms with Gasteiger partial charge in [-0.25, -0.2) is 0 Å². The Bertz CT molecular complexity index is 1370. The molecule has 10 heteroatoms. The summed E-state index contributed by atoms with van der Waals surface area (Å²) in [7, 11) is 1.51. The minimum atomic E-state index is -1.48.